The van der Waals surface area contributed by atoms with Gasteiger partial charge in [-0.2, -0.15) is 8.42 Å². The maximum atomic E-state index is 11.9. The van der Waals surface area contributed by atoms with Crippen molar-refractivity contribution in [2.45, 2.75) is 119 Å². The molecule has 5 rings (SSSR count). The average molecular weight is 852 g/mol. The highest BCUT2D eigenvalue weighted by atomic mass is 32.2. The van der Waals surface area contributed by atoms with E-state index in [2.05, 4.69) is 21.7 Å². The Balaban J connectivity index is 0.000000306. The van der Waals surface area contributed by atoms with Crippen molar-refractivity contribution in [3.63, 3.8) is 0 Å². The molecule has 2 heterocycles. The standard InChI is InChI=1S/C16H21N3O2.C14H21NO5S.C13H17NO2.C2H6/c1-16(2,3)21-15(20)18-14-7-5-4-6-13(14)8-10-19-11-9-17-12-19;1-14(2,3)20-13(16)15-12-8-6-5-7-11(12)9-10-19-21(4,17)18;1-13(2,3)16-12(15)14-9-8-10-6-4-5-7-11(10)14;1-2/h4-7,9,11-12H,8,10H2,1-3H3,(H,18,20);5-8H,9-10H2,1-4H3,(H,15,16);4-7H,8-9H2,1-3H3;1-2H3. The Hall–Kier alpha value is -5.41. The van der Waals surface area contributed by atoms with E-state index < -0.39 is 39.1 Å². The van der Waals surface area contributed by atoms with Gasteiger partial charge in [0.05, 0.1) is 24.9 Å². The summed E-state index contributed by atoms with van der Waals surface area (Å²) >= 11 is 0. The summed E-state index contributed by atoms with van der Waals surface area (Å²) in [6.45, 7) is 22.1. The number of aromatic nitrogens is 2. The quantitative estimate of drug-likeness (QED) is 0.122. The molecule has 0 spiro atoms. The van der Waals surface area contributed by atoms with Crippen LogP contribution in [0.3, 0.4) is 0 Å². The normalized spacial score (nSPS) is 12.2. The summed E-state index contributed by atoms with van der Waals surface area (Å²) in [5.41, 5.74) is 3.87. The second-order valence-electron chi connectivity index (χ2n) is 16.4. The van der Waals surface area contributed by atoms with Crippen molar-refractivity contribution in [1.82, 2.24) is 9.55 Å². The van der Waals surface area contributed by atoms with E-state index >= 15 is 0 Å². The molecular weight excluding hydrogens is 787 g/mol. The summed E-state index contributed by atoms with van der Waals surface area (Å²) in [6, 6.07) is 22.8. The zero-order valence-electron chi connectivity index (χ0n) is 37.3. The molecule has 0 fully saturated rings. The average Bonchev–Trinajstić information content (AvgIpc) is 3.81. The number of rotatable bonds is 9. The lowest BCUT2D eigenvalue weighted by molar-refractivity contribution is 0.0580. The van der Waals surface area contributed by atoms with Crippen LogP contribution in [0.1, 0.15) is 92.9 Å². The number of benzene rings is 3. The van der Waals surface area contributed by atoms with Crippen LogP contribution in [-0.2, 0) is 54.3 Å². The Morgan fingerprint density at radius 2 is 1.18 bits per heavy atom. The predicted molar refractivity (Wildman–Crippen MR) is 238 cm³/mol. The number of para-hydroxylation sites is 3. The second kappa shape index (κ2) is 23.4. The number of anilines is 3. The molecule has 14 nitrogen and oxygen atoms in total. The van der Waals surface area contributed by atoms with Crippen LogP contribution in [0.25, 0.3) is 0 Å². The largest absolute Gasteiger partial charge is 0.444 e. The van der Waals surface area contributed by atoms with Crippen molar-refractivity contribution in [3.8, 4) is 0 Å². The lowest BCUT2D eigenvalue weighted by Gasteiger charge is -2.24. The molecule has 0 saturated heterocycles. The van der Waals surface area contributed by atoms with Crippen LogP contribution in [0, 0.1) is 0 Å². The molecule has 0 bridgehead atoms. The van der Waals surface area contributed by atoms with Gasteiger partial charge < -0.3 is 18.8 Å². The molecule has 15 heteroatoms. The second-order valence-corrected chi connectivity index (χ2v) is 18.0. The summed E-state index contributed by atoms with van der Waals surface area (Å²) in [7, 11) is -3.47. The first-order chi connectivity index (χ1) is 28.0. The van der Waals surface area contributed by atoms with Gasteiger partial charge >= 0.3 is 18.3 Å². The fraction of sp³-hybridized carbons (Fsp3) is 0.467. The molecule has 60 heavy (non-hydrogen) atoms. The lowest BCUT2D eigenvalue weighted by Crippen LogP contribution is -2.35. The Morgan fingerprint density at radius 3 is 1.67 bits per heavy atom. The number of amides is 3. The maximum Gasteiger partial charge on any atom is 0.414 e. The zero-order chi connectivity index (χ0) is 45.1. The first-order valence-corrected chi connectivity index (χ1v) is 21.8. The van der Waals surface area contributed by atoms with Crippen molar-refractivity contribution in [3.05, 3.63) is 108 Å². The number of fused-ring (bicyclic) bond motifs is 1. The van der Waals surface area contributed by atoms with Crippen molar-refractivity contribution < 1.29 is 41.2 Å². The molecule has 0 aliphatic carbocycles. The number of carbonyl (C=O) groups is 3. The maximum absolute atomic E-state index is 11.9. The predicted octanol–water partition coefficient (Wildman–Crippen LogP) is 10.0. The van der Waals surface area contributed by atoms with Gasteiger partial charge in [0.2, 0.25) is 0 Å². The van der Waals surface area contributed by atoms with Crippen LogP contribution in [0.2, 0.25) is 0 Å². The Morgan fingerprint density at radius 1 is 0.700 bits per heavy atom. The first-order valence-electron chi connectivity index (χ1n) is 20.0. The zero-order valence-corrected chi connectivity index (χ0v) is 38.1. The van der Waals surface area contributed by atoms with Gasteiger partial charge in [-0.1, -0.05) is 68.4 Å². The smallest absolute Gasteiger partial charge is 0.414 e. The van der Waals surface area contributed by atoms with Crippen LogP contribution in [0.15, 0.2) is 91.5 Å². The van der Waals surface area contributed by atoms with E-state index in [0.29, 0.717) is 18.7 Å². The van der Waals surface area contributed by atoms with Crippen molar-refractivity contribution in [1.29, 1.82) is 0 Å². The number of nitrogens with zero attached hydrogens (tertiary/aromatic N) is 3. The Bertz CT molecular complexity index is 2050. The summed E-state index contributed by atoms with van der Waals surface area (Å²) in [5, 5.41) is 5.46. The highest BCUT2D eigenvalue weighted by Crippen LogP contribution is 2.29. The SMILES string of the molecule is CC.CC(C)(C)OC(=O)N1CCc2ccccc21.CC(C)(C)OC(=O)Nc1ccccc1CCOS(C)(=O)=O.CC(C)(C)OC(=O)Nc1ccccc1CCn1ccnc1. The van der Waals surface area contributed by atoms with Crippen LogP contribution >= 0.6 is 0 Å². The highest BCUT2D eigenvalue weighted by Gasteiger charge is 2.28. The minimum Gasteiger partial charge on any atom is -0.444 e. The molecule has 1 aliphatic heterocycles. The third-order valence-corrected chi connectivity index (χ3v) is 8.27. The molecular formula is C45H65N5O9S. The van der Waals surface area contributed by atoms with E-state index in [4.69, 9.17) is 18.4 Å². The van der Waals surface area contributed by atoms with Gasteiger partial charge in [0.15, 0.2) is 0 Å². The van der Waals surface area contributed by atoms with E-state index in [1.165, 1.54) is 5.56 Å². The van der Waals surface area contributed by atoms with Gasteiger partial charge in [0, 0.05) is 36.9 Å². The first kappa shape index (κ1) is 50.7. The van der Waals surface area contributed by atoms with E-state index in [1.807, 2.05) is 109 Å². The number of imidazole rings is 1. The van der Waals surface area contributed by atoms with Gasteiger partial charge in [-0.05, 0) is 116 Å². The molecule has 3 aromatic carbocycles. The summed E-state index contributed by atoms with van der Waals surface area (Å²) < 4.78 is 44.4. The minimum absolute atomic E-state index is 0.0197. The van der Waals surface area contributed by atoms with Gasteiger partial charge in [-0.15, -0.1) is 0 Å². The molecule has 0 unspecified atom stereocenters. The van der Waals surface area contributed by atoms with Crippen molar-refractivity contribution in [2.75, 3.05) is 34.9 Å². The Labute approximate surface area is 357 Å². The van der Waals surface area contributed by atoms with Crippen molar-refractivity contribution in [2.24, 2.45) is 0 Å². The molecule has 2 N–H and O–H groups in total. The summed E-state index contributed by atoms with van der Waals surface area (Å²) in [6.07, 6.45) is 7.29. The molecule has 1 aliphatic rings. The Kier molecular flexibility index (Phi) is 19.8. The van der Waals surface area contributed by atoms with E-state index in [9.17, 15) is 22.8 Å². The number of hydrogen-bond donors (Lipinski definition) is 2. The van der Waals surface area contributed by atoms with E-state index in [1.54, 1.807) is 62.5 Å². The third-order valence-electron chi connectivity index (χ3n) is 7.67. The summed E-state index contributed by atoms with van der Waals surface area (Å²) in [4.78, 5) is 41.3. The summed E-state index contributed by atoms with van der Waals surface area (Å²) in [5.74, 6) is 0. The van der Waals surface area contributed by atoms with Crippen molar-refractivity contribution >= 4 is 45.5 Å². The highest BCUT2D eigenvalue weighted by molar-refractivity contribution is 7.85. The van der Waals surface area contributed by atoms with Crippen LogP contribution in [-0.4, -0.2) is 72.5 Å². The van der Waals surface area contributed by atoms with Gasteiger partial charge in [-0.3, -0.25) is 19.7 Å². The number of ether oxygens (including phenoxy) is 3. The fourth-order valence-electron chi connectivity index (χ4n) is 5.36. The van der Waals surface area contributed by atoms with Crippen LogP contribution < -0.4 is 15.5 Å². The fourth-order valence-corrected chi connectivity index (χ4v) is 5.75. The third kappa shape index (κ3) is 20.5. The molecule has 4 aromatic rings. The van der Waals surface area contributed by atoms with Gasteiger partial charge in [-0.25, -0.2) is 19.4 Å². The van der Waals surface area contributed by atoms with E-state index in [-0.39, 0.29) is 12.7 Å². The number of hydrogen-bond acceptors (Lipinski definition) is 10. The molecule has 0 radical (unpaired) electrons. The van der Waals surface area contributed by atoms with Crippen LogP contribution in [0.4, 0.5) is 31.4 Å². The monoisotopic (exact) mass is 851 g/mol. The van der Waals surface area contributed by atoms with Gasteiger partial charge in [0.1, 0.15) is 16.8 Å². The molecule has 0 saturated carbocycles. The lowest BCUT2D eigenvalue weighted by atomic mass is 10.1. The molecule has 330 valence electrons. The van der Waals surface area contributed by atoms with Gasteiger partial charge in [0.25, 0.3) is 10.1 Å². The van der Waals surface area contributed by atoms with Crippen LogP contribution in [0.5, 0.6) is 0 Å². The molecule has 1 aromatic heterocycles. The number of nitrogens with one attached hydrogen (secondary N) is 2. The topological polar surface area (TPSA) is 167 Å². The van der Waals surface area contributed by atoms with E-state index in [0.717, 1.165) is 48.1 Å². The molecule has 0 atom stereocenters. The number of carbonyl (C=O) groups excluding carboxylic acids is 3. The number of aryl methyl sites for hydroxylation is 2. The molecule has 3 amide bonds. The minimum atomic E-state index is -3.47.